The lowest BCUT2D eigenvalue weighted by atomic mass is 10.2. The molecule has 1 aliphatic rings. The molecular weight excluding hydrogens is 406 g/mol. The Morgan fingerprint density at radius 3 is 2.50 bits per heavy atom. The summed E-state index contributed by atoms with van der Waals surface area (Å²) in [7, 11) is 0. The van der Waals surface area contributed by atoms with Crippen LogP contribution in [0.5, 0.6) is 0 Å². The Hall–Kier alpha value is -3.59. The zero-order chi connectivity index (χ0) is 22.5. The first kappa shape index (κ1) is 21.6. The highest BCUT2D eigenvalue weighted by atomic mass is 16.6. The first-order chi connectivity index (χ1) is 15.5. The molecular formula is C23H27N7O2. The molecule has 0 spiro atoms. The van der Waals surface area contributed by atoms with Crippen molar-refractivity contribution in [3.8, 4) is 11.4 Å². The fraction of sp³-hybridized carbons (Fsp3) is 0.348. The van der Waals surface area contributed by atoms with Crippen LogP contribution in [0.2, 0.25) is 0 Å². The Morgan fingerprint density at radius 1 is 1.09 bits per heavy atom. The van der Waals surface area contributed by atoms with E-state index in [-0.39, 0.29) is 11.7 Å². The van der Waals surface area contributed by atoms with E-state index in [4.69, 9.17) is 0 Å². The number of pyridine rings is 1. The van der Waals surface area contributed by atoms with E-state index in [2.05, 4.69) is 43.1 Å². The lowest BCUT2D eigenvalue weighted by molar-refractivity contribution is -0.384. The molecule has 1 aromatic carbocycles. The van der Waals surface area contributed by atoms with Crippen molar-refractivity contribution in [3.05, 3.63) is 70.5 Å². The number of aromatic nitrogens is 3. The zero-order valence-electron chi connectivity index (χ0n) is 18.3. The minimum absolute atomic E-state index is 0.0523. The van der Waals surface area contributed by atoms with E-state index in [1.54, 1.807) is 12.1 Å². The fourth-order valence-corrected chi connectivity index (χ4v) is 3.89. The van der Waals surface area contributed by atoms with Gasteiger partial charge >= 0.3 is 0 Å². The predicted molar refractivity (Wildman–Crippen MR) is 125 cm³/mol. The van der Waals surface area contributed by atoms with Gasteiger partial charge in [-0.3, -0.25) is 15.0 Å². The van der Waals surface area contributed by atoms with Crippen LogP contribution in [0.1, 0.15) is 12.6 Å². The highest BCUT2D eigenvalue weighted by molar-refractivity contribution is 5.59. The van der Waals surface area contributed by atoms with Crippen molar-refractivity contribution in [1.29, 1.82) is 0 Å². The lowest BCUT2D eigenvalue weighted by Gasteiger charge is -2.36. The summed E-state index contributed by atoms with van der Waals surface area (Å²) in [6.07, 6.45) is 1.84. The van der Waals surface area contributed by atoms with Crippen molar-refractivity contribution >= 4 is 17.3 Å². The second kappa shape index (κ2) is 9.69. The molecule has 1 saturated heterocycles. The number of hydrogen-bond acceptors (Lipinski definition) is 8. The monoisotopic (exact) mass is 433 g/mol. The van der Waals surface area contributed by atoms with E-state index in [1.165, 1.54) is 12.1 Å². The molecule has 0 amide bonds. The molecule has 3 aromatic rings. The topological polar surface area (TPSA) is 100 Å². The SMILES string of the molecule is Cc1cc(NC(C)CN2CCN(c3ccccn3)CC2)nc(-c2ccc([N+](=O)[O-])cc2)n1. The summed E-state index contributed by atoms with van der Waals surface area (Å²) in [5.74, 6) is 2.35. The normalized spacial score (nSPS) is 15.4. The highest BCUT2D eigenvalue weighted by Crippen LogP contribution is 2.21. The quantitative estimate of drug-likeness (QED) is 0.447. The molecule has 32 heavy (non-hydrogen) atoms. The van der Waals surface area contributed by atoms with Crippen LogP contribution >= 0.6 is 0 Å². The number of anilines is 2. The summed E-state index contributed by atoms with van der Waals surface area (Å²) in [5, 5.41) is 14.4. The fourth-order valence-electron chi connectivity index (χ4n) is 3.89. The van der Waals surface area contributed by atoms with E-state index in [1.807, 2.05) is 31.3 Å². The van der Waals surface area contributed by atoms with Crippen molar-refractivity contribution in [3.63, 3.8) is 0 Å². The molecule has 0 radical (unpaired) electrons. The maximum Gasteiger partial charge on any atom is 0.269 e. The summed E-state index contributed by atoms with van der Waals surface area (Å²) in [4.78, 5) is 28.8. The van der Waals surface area contributed by atoms with Crippen LogP contribution < -0.4 is 10.2 Å². The van der Waals surface area contributed by atoms with E-state index < -0.39 is 4.92 Å². The van der Waals surface area contributed by atoms with E-state index >= 15 is 0 Å². The zero-order valence-corrected chi connectivity index (χ0v) is 18.3. The first-order valence-electron chi connectivity index (χ1n) is 10.7. The summed E-state index contributed by atoms with van der Waals surface area (Å²) < 4.78 is 0. The van der Waals surface area contributed by atoms with E-state index in [0.29, 0.717) is 5.82 Å². The number of nitrogens with zero attached hydrogens (tertiary/aromatic N) is 6. The summed E-state index contributed by atoms with van der Waals surface area (Å²) >= 11 is 0. The number of rotatable bonds is 7. The molecule has 1 fully saturated rings. The minimum atomic E-state index is -0.411. The van der Waals surface area contributed by atoms with Crippen LogP contribution in [0.4, 0.5) is 17.3 Å². The standard InChI is InChI=1S/C23H27N7O2/c1-17-15-21(27-23(26-17)19-6-8-20(9-7-19)30(31)32)25-18(2)16-28-11-13-29(14-12-28)22-5-3-4-10-24-22/h3-10,15,18H,11-14,16H2,1-2H3,(H,25,26,27). The minimum Gasteiger partial charge on any atom is -0.366 e. The largest absolute Gasteiger partial charge is 0.366 e. The van der Waals surface area contributed by atoms with Gasteiger partial charge in [0.25, 0.3) is 5.69 Å². The van der Waals surface area contributed by atoms with Crippen LogP contribution in [-0.4, -0.2) is 63.5 Å². The van der Waals surface area contributed by atoms with Gasteiger partial charge in [0.05, 0.1) is 4.92 Å². The van der Waals surface area contributed by atoms with Crippen LogP contribution in [0.3, 0.4) is 0 Å². The van der Waals surface area contributed by atoms with Crippen molar-refractivity contribution in [2.45, 2.75) is 19.9 Å². The van der Waals surface area contributed by atoms with E-state index in [0.717, 1.165) is 55.6 Å². The highest BCUT2D eigenvalue weighted by Gasteiger charge is 2.19. The third-order valence-electron chi connectivity index (χ3n) is 5.46. The van der Waals surface area contributed by atoms with E-state index in [9.17, 15) is 10.1 Å². The second-order valence-corrected chi connectivity index (χ2v) is 8.04. The molecule has 3 heterocycles. The van der Waals surface area contributed by atoms with Gasteiger partial charge in [0, 0.05) is 74.4 Å². The van der Waals surface area contributed by atoms with Gasteiger partial charge in [-0.2, -0.15) is 0 Å². The summed E-state index contributed by atoms with van der Waals surface area (Å²) in [6.45, 7) is 8.86. The number of aryl methyl sites for hydroxylation is 1. The number of nitro groups is 1. The molecule has 9 heteroatoms. The Balaban J connectivity index is 1.35. The smallest absolute Gasteiger partial charge is 0.269 e. The molecule has 166 valence electrons. The molecule has 2 aromatic heterocycles. The first-order valence-corrected chi connectivity index (χ1v) is 10.7. The number of nitro benzene ring substituents is 1. The molecule has 0 saturated carbocycles. The number of benzene rings is 1. The molecule has 1 N–H and O–H groups in total. The molecule has 1 atom stereocenters. The number of piperazine rings is 1. The van der Waals surface area contributed by atoms with Crippen LogP contribution in [0.15, 0.2) is 54.7 Å². The van der Waals surface area contributed by atoms with Crippen LogP contribution in [0.25, 0.3) is 11.4 Å². The Kier molecular flexibility index (Phi) is 6.55. The van der Waals surface area contributed by atoms with Gasteiger partial charge in [-0.15, -0.1) is 0 Å². The maximum atomic E-state index is 10.9. The van der Waals surface area contributed by atoms with Gasteiger partial charge in [-0.1, -0.05) is 6.07 Å². The van der Waals surface area contributed by atoms with Crippen molar-refractivity contribution in [2.24, 2.45) is 0 Å². The van der Waals surface area contributed by atoms with Crippen LogP contribution in [0, 0.1) is 17.0 Å². The molecule has 0 bridgehead atoms. The van der Waals surface area contributed by atoms with Crippen molar-refractivity contribution in [2.75, 3.05) is 42.9 Å². The lowest BCUT2D eigenvalue weighted by Crippen LogP contribution is -2.49. The number of nitrogens with one attached hydrogen (secondary N) is 1. The average Bonchev–Trinajstić information content (AvgIpc) is 2.80. The maximum absolute atomic E-state index is 10.9. The number of non-ortho nitro benzene ring substituents is 1. The summed E-state index contributed by atoms with van der Waals surface area (Å²) in [5.41, 5.74) is 1.64. The molecule has 0 aliphatic carbocycles. The molecule has 4 rings (SSSR count). The average molecular weight is 434 g/mol. The van der Waals surface area contributed by atoms with Crippen LogP contribution in [-0.2, 0) is 0 Å². The van der Waals surface area contributed by atoms with Gasteiger partial charge < -0.3 is 10.2 Å². The molecule has 1 aliphatic heterocycles. The predicted octanol–water partition coefficient (Wildman–Crippen LogP) is 3.38. The second-order valence-electron chi connectivity index (χ2n) is 8.04. The van der Waals surface area contributed by atoms with Gasteiger partial charge in [0.15, 0.2) is 5.82 Å². The Bertz CT molecular complexity index is 1050. The molecule has 9 nitrogen and oxygen atoms in total. The summed E-state index contributed by atoms with van der Waals surface area (Å²) in [6, 6.07) is 14.5. The van der Waals surface area contributed by atoms with Gasteiger partial charge in [-0.25, -0.2) is 15.0 Å². The van der Waals surface area contributed by atoms with Gasteiger partial charge in [0.2, 0.25) is 0 Å². The third-order valence-corrected chi connectivity index (χ3v) is 5.46. The Labute approximate surface area is 187 Å². The van der Waals surface area contributed by atoms with Gasteiger partial charge in [0.1, 0.15) is 11.6 Å². The third kappa shape index (κ3) is 5.36. The Morgan fingerprint density at radius 2 is 1.84 bits per heavy atom. The van der Waals surface area contributed by atoms with Crippen molar-refractivity contribution in [1.82, 2.24) is 19.9 Å². The molecule has 1 unspecified atom stereocenters. The van der Waals surface area contributed by atoms with Crippen molar-refractivity contribution < 1.29 is 4.92 Å². The van der Waals surface area contributed by atoms with Gasteiger partial charge in [-0.05, 0) is 38.1 Å². The number of hydrogen-bond donors (Lipinski definition) is 1.